The van der Waals surface area contributed by atoms with E-state index in [-0.39, 0.29) is 19.0 Å². The van der Waals surface area contributed by atoms with Crippen molar-refractivity contribution in [1.29, 1.82) is 0 Å². The standard InChI is InChI=1S/C21H23N3O4/c1-14-10-15(2)12-16(11-14)22-19(25)13-23-8-9-24(21(27)20(23)26)17-4-6-18(28-3)7-5-17/h4-7,10-12H,8-9,13H2,1-3H3,(H,22,25). The van der Waals surface area contributed by atoms with Crippen molar-refractivity contribution in [3.8, 4) is 5.75 Å². The lowest BCUT2D eigenvalue weighted by atomic mass is 10.1. The molecule has 1 aliphatic heterocycles. The largest absolute Gasteiger partial charge is 0.497 e. The van der Waals surface area contributed by atoms with Gasteiger partial charge in [0.25, 0.3) is 0 Å². The molecule has 0 aliphatic carbocycles. The zero-order valence-electron chi connectivity index (χ0n) is 16.2. The van der Waals surface area contributed by atoms with Gasteiger partial charge in [-0.2, -0.15) is 0 Å². The number of nitrogens with zero attached hydrogens (tertiary/aromatic N) is 2. The highest BCUT2D eigenvalue weighted by Gasteiger charge is 2.34. The first-order chi connectivity index (χ1) is 13.4. The normalized spacial score (nSPS) is 14.2. The Hall–Kier alpha value is -3.35. The van der Waals surface area contributed by atoms with Gasteiger partial charge in [-0.05, 0) is 61.4 Å². The molecule has 1 aliphatic rings. The fraction of sp³-hybridized carbons (Fsp3) is 0.286. The third kappa shape index (κ3) is 4.31. The molecule has 3 rings (SSSR count). The van der Waals surface area contributed by atoms with Gasteiger partial charge in [0, 0.05) is 24.5 Å². The predicted molar refractivity (Wildman–Crippen MR) is 106 cm³/mol. The molecule has 2 aromatic carbocycles. The highest BCUT2D eigenvalue weighted by Crippen LogP contribution is 2.21. The van der Waals surface area contributed by atoms with Crippen LogP contribution in [0, 0.1) is 13.8 Å². The topological polar surface area (TPSA) is 79.0 Å². The van der Waals surface area contributed by atoms with Gasteiger partial charge in [-0.25, -0.2) is 0 Å². The van der Waals surface area contributed by atoms with Gasteiger partial charge in [0.15, 0.2) is 0 Å². The van der Waals surface area contributed by atoms with E-state index in [9.17, 15) is 14.4 Å². The number of carbonyl (C=O) groups is 3. The second-order valence-corrected chi connectivity index (χ2v) is 6.81. The van der Waals surface area contributed by atoms with Crippen LogP contribution in [0.15, 0.2) is 42.5 Å². The lowest BCUT2D eigenvalue weighted by Crippen LogP contribution is -2.56. The van der Waals surface area contributed by atoms with Crippen LogP contribution in [-0.2, 0) is 14.4 Å². The van der Waals surface area contributed by atoms with Gasteiger partial charge in [-0.15, -0.1) is 0 Å². The molecule has 1 heterocycles. The van der Waals surface area contributed by atoms with E-state index in [1.807, 2.05) is 32.0 Å². The van der Waals surface area contributed by atoms with Crippen LogP contribution in [0.5, 0.6) is 5.75 Å². The summed E-state index contributed by atoms with van der Waals surface area (Å²) < 4.78 is 5.11. The van der Waals surface area contributed by atoms with Gasteiger partial charge in [0.05, 0.1) is 7.11 Å². The lowest BCUT2D eigenvalue weighted by Gasteiger charge is -2.33. The average molecular weight is 381 g/mol. The van der Waals surface area contributed by atoms with Crippen molar-refractivity contribution < 1.29 is 19.1 Å². The third-order valence-electron chi connectivity index (χ3n) is 4.53. The summed E-state index contributed by atoms with van der Waals surface area (Å²) >= 11 is 0. The number of piperazine rings is 1. The molecule has 1 saturated heterocycles. The van der Waals surface area contributed by atoms with Gasteiger partial charge < -0.3 is 19.9 Å². The zero-order valence-corrected chi connectivity index (χ0v) is 16.2. The average Bonchev–Trinajstić information content (AvgIpc) is 2.65. The molecule has 0 spiro atoms. The first-order valence-corrected chi connectivity index (χ1v) is 9.00. The molecule has 0 atom stereocenters. The van der Waals surface area contributed by atoms with Crippen LogP contribution < -0.4 is 15.0 Å². The Balaban J connectivity index is 1.63. The Morgan fingerprint density at radius 1 is 1.00 bits per heavy atom. The molecule has 0 bridgehead atoms. The van der Waals surface area contributed by atoms with Gasteiger partial charge in [-0.3, -0.25) is 14.4 Å². The summed E-state index contributed by atoms with van der Waals surface area (Å²) in [7, 11) is 1.56. The Bertz CT molecular complexity index is 888. The second-order valence-electron chi connectivity index (χ2n) is 6.81. The monoisotopic (exact) mass is 381 g/mol. The van der Waals surface area contributed by atoms with E-state index < -0.39 is 11.8 Å². The van der Waals surface area contributed by atoms with Crippen LogP contribution in [0.2, 0.25) is 0 Å². The Kier molecular flexibility index (Phi) is 5.63. The van der Waals surface area contributed by atoms with E-state index in [0.717, 1.165) is 11.1 Å². The van der Waals surface area contributed by atoms with Crippen LogP contribution in [0.4, 0.5) is 11.4 Å². The van der Waals surface area contributed by atoms with Crippen LogP contribution in [0.25, 0.3) is 0 Å². The first kappa shape index (κ1) is 19.4. The molecular weight excluding hydrogens is 358 g/mol. The minimum absolute atomic E-state index is 0.159. The number of ether oxygens (including phenoxy) is 1. The van der Waals surface area contributed by atoms with Crippen molar-refractivity contribution >= 4 is 29.1 Å². The Labute approximate surface area is 163 Å². The number of anilines is 2. The van der Waals surface area contributed by atoms with Crippen molar-refractivity contribution in [1.82, 2.24) is 4.90 Å². The minimum atomic E-state index is -0.683. The van der Waals surface area contributed by atoms with Crippen LogP contribution in [0.1, 0.15) is 11.1 Å². The Morgan fingerprint density at radius 3 is 2.25 bits per heavy atom. The van der Waals surface area contributed by atoms with E-state index >= 15 is 0 Å². The number of carbonyl (C=O) groups excluding carboxylic acids is 3. The van der Waals surface area contributed by atoms with Gasteiger partial charge in [-0.1, -0.05) is 6.07 Å². The molecule has 0 radical (unpaired) electrons. The zero-order chi connectivity index (χ0) is 20.3. The fourth-order valence-corrected chi connectivity index (χ4v) is 3.25. The molecule has 0 unspecified atom stereocenters. The lowest BCUT2D eigenvalue weighted by molar-refractivity contribution is -0.147. The smallest absolute Gasteiger partial charge is 0.316 e. The molecule has 0 aromatic heterocycles. The molecule has 1 fully saturated rings. The quantitative estimate of drug-likeness (QED) is 0.805. The molecule has 0 saturated carbocycles. The summed E-state index contributed by atoms with van der Waals surface area (Å²) in [5.74, 6) is -0.985. The predicted octanol–water partition coefficient (Wildman–Crippen LogP) is 2.13. The number of methoxy groups -OCH3 is 1. The van der Waals surface area contributed by atoms with Gasteiger partial charge in [0.2, 0.25) is 5.91 Å². The van der Waals surface area contributed by atoms with E-state index in [2.05, 4.69) is 5.32 Å². The molecule has 28 heavy (non-hydrogen) atoms. The Morgan fingerprint density at radius 2 is 1.64 bits per heavy atom. The fourth-order valence-electron chi connectivity index (χ4n) is 3.25. The molecule has 1 N–H and O–H groups in total. The molecular formula is C21H23N3O4. The molecule has 3 amide bonds. The summed E-state index contributed by atoms with van der Waals surface area (Å²) in [5.41, 5.74) is 3.38. The summed E-state index contributed by atoms with van der Waals surface area (Å²) in [5, 5.41) is 2.79. The van der Waals surface area contributed by atoms with Gasteiger partial charge in [0.1, 0.15) is 12.3 Å². The SMILES string of the molecule is COc1ccc(N2CCN(CC(=O)Nc3cc(C)cc(C)c3)C(=O)C2=O)cc1. The third-order valence-corrected chi connectivity index (χ3v) is 4.53. The minimum Gasteiger partial charge on any atom is -0.497 e. The van der Waals surface area contributed by atoms with E-state index in [1.165, 1.54) is 9.80 Å². The summed E-state index contributed by atoms with van der Waals surface area (Å²) in [4.78, 5) is 40.0. The van der Waals surface area contributed by atoms with E-state index in [4.69, 9.17) is 4.74 Å². The molecule has 146 valence electrons. The highest BCUT2D eigenvalue weighted by atomic mass is 16.5. The first-order valence-electron chi connectivity index (χ1n) is 9.00. The number of nitrogens with one attached hydrogen (secondary N) is 1. The number of amides is 3. The van der Waals surface area contributed by atoms with E-state index in [1.54, 1.807) is 31.4 Å². The van der Waals surface area contributed by atoms with Crippen molar-refractivity contribution in [3.63, 3.8) is 0 Å². The number of aryl methyl sites for hydroxylation is 2. The molecule has 2 aromatic rings. The van der Waals surface area contributed by atoms with Crippen LogP contribution >= 0.6 is 0 Å². The summed E-state index contributed by atoms with van der Waals surface area (Å²) in [6.45, 7) is 4.35. The second kappa shape index (κ2) is 8.12. The maximum atomic E-state index is 12.5. The molecule has 7 heteroatoms. The van der Waals surface area contributed by atoms with Crippen molar-refractivity contribution in [2.75, 3.05) is 37.0 Å². The maximum absolute atomic E-state index is 12.5. The number of hydrogen-bond acceptors (Lipinski definition) is 4. The highest BCUT2D eigenvalue weighted by molar-refractivity contribution is 6.41. The number of rotatable bonds is 5. The summed E-state index contributed by atoms with van der Waals surface area (Å²) in [6, 6.07) is 12.7. The maximum Gasteiger partial charge on any atom is 0.316 e. The molecule has 7 nitrogen and oxygen atoms in total. The number of benzene rings is 2. The van der Waals surface area contributed by atoms with Crippen LogP contribution in [-0.4, -0.2) is 49.4 Å². The number of hydrogen-bond donors (Lipinski definition) is 1. The van der Waals surface area contributed by atoms with E-state index in [0.29, 0.717) is 23.7 Å². The summed E-state index contributed by atoms with van der Waals surface area (Å²) in [6.07, 6.45) is 0. The van der Waals surface area contributed by atoms with Crippen LogP contribution in [0.3, 0.4) is 0 Å². The van der Waals surface area contributed by atoms with Crippen molar-refractivity contribution in [3.05, 3.63) is 53.6 Å². The van der Waals surface area contributed by atoms with Crippen molar-refractivity contribution in [2.45, 2.75) is 13.8 Å². The van der Waals surface area contributed by atoms with Crippen molar-refractivity contribution in [2.24, 2.45) is 0 Å². The van der Waals surface area contributed by atoms with Gasteiger partial charge >= 0.3 is 11.8 Å².